The summed E-state index contributed by atoms with van der Waals surface area (Å²) in [6, 6.07) is 11.0. The monoisotopic (exact) mass is 436 g/mol. The molecule has 0 saturated carbocycles. The minimum atomic E-state index is -0.310. The van der Waals surface area contributed by atoms with Gasteiger partial charge in [0.1, 0.15) is 23.5 Å². The molecule has 0 radical (unpaired) electrons. The standard InChI is InChI=1S/C23H22F2N6O/c1-14-10-22(20-12-17(25)3-5-21(20)26-14)32-18-6-8-31(9-7-18)13-15-11-16(24)2-4-19(15)23-27-29-30-28-23/h2-5,10-12,18H,6-9,13H2,1H3,(H,27,28,29,30). The number of pyridine rings is 1. The van der Waals surface area contributed by atoms with Crippen molar-refractivity contribution in [3.05, 3.63) is 65.4 Å². The molecule has 3 heterocycles. The summed E-state index contributed by atoms with van der Waals surface area (Å²) < 4.78 is 34.0. The van der Waals surface area contributed by atoms with Crippen LogP contribution in [0.25, 0.3) is 22.3 Å². The van der Waals surface area contributed by atoms with Gasteiger partial charge in [-0.1, -0.05) is 0 Å². The highest BCUT2D eigenvalue weighted by atomic mass is 19.1. The Morgan fingerprint density at radius 2 is 1.84 bits per heavy atom. The van der Waals surface area contributed by atoms with Crippen molar-refractivity contribution < 1.29 is 13.5 Å². The summed E-state index contributed by atoms with van der Waals surface area (Å²) >= 11 is 0. The first-order chi connectivity index (χ1) is 15.5. The Morgan fingerprint density at radius 1 is 1.06 bits per heavy atom. The molecular formula is C23H22F2N6O. The third kappa shape index (κ3) is 4.29. The summed E-state index contributed by atoms with van der Waals surface area (Å²) in [5, 5.41) is 14.6. The molecule has 1 aliphatic heterocycles. The van der Waals surface area contributed by atoms with Crippen LogP contribution in [0.1, 0.15) is 24.1 Å². The third-order valence-corrected chi connectivity index (χ3v) is 5.75. The predicted molar refractivity (Wildman–Crippen MR) is 115 cm³/mol. The number of aromatic nitrogens is 5. The van der Waals surface area contributed by atoms with Crippen LogP contribution in [0.3, 0.4) is 0 Å². The number of benzene rings is 2. The lowest BCUT2D eigenvalue weighted by atomic mass is 10.0. The molecule has 1 N–H and O–H groups in total. The topological polar surface area (TPSA) is 79.8 Å². The summed E-state index contributed by atoms with van der Waals surface area (Å²) in [5.41, 5.74) is 3.17. The third-order valence-electron chi connectivity index (χ3n) is 5.75. The Kier molecular flexibility index (Phi) is 5.48. The predicted octanol–water partition coefficient (Wildman–Crippen LogP) is 4.04. The van der Waals surface area contributed by atoms with Gasteiger partial charge in [-0.05, 0) is 72.2 Å². The molecule has 2 aromatic carbocycles. The van der Waals surface area contributed by atoms with Gasteiger partial charge in [0.15, 0.2) is 5.82 Å². The molecule has 0 amide bonds. The molecule has 4 aromatic rings. The number of fused-ring (bicyclic) bond motifs is 1. The average molecular weight is 436 g/mol. The van der Waals surface area contributed by atoms with E-state index in [4.69, 9.17) is 4.74 Å². The van der Waals surface area contributed by atoms with E-state index in [1.807, 2.05) is 13.0 Å². The molecule has 1 fully saturated rings. The first kappa shape index (κ1) is 20.4. The average Bonchev–Trinajstić information content (AvgIpc) is 3.30. The van der Waals surface area contributed by atoms with Crippen LogP contribution in [0.5, 0.6) is 5.75 Å². The largest absolute Gasteiger partial charge is 0.490 e. The van der Waals surface area contributed by atoms with E-state index >= 15 is 0 Å². The van der Waals surface area contributed by atoms with Crippen LogP contribution in [-0.2, 0) is 6.54 Å². The lowest BCUT2D eigenvalue weighted by Gasteiger charge is -2.32. The molecular weight excluding hydrogens is 414 g/mol. The molecule has 1 aliphatic rings. The van der Waals surface area contributed by atoms with Crippen LogP contribution in [-0.4, -0.2) is 49.7 Å². The van der Waals surface area contributed by atoms with E-state index in [1.54, 1.807) is 12.1 Å². The first-order valence-corrected chi connectivity index (χ1v) is 10.5. The summed E-state index contributed by atoms with van der Waals surface area (Å²) in [6.07, 6.45) is 1.64. The number of halogens is 2. The van der Waals surface area contributed by atoms with Gasteiger partial charge in [-0.2, -0.15) is 0 Å². The quantitative estimate of drug-likeness (QED) is 0.509. The molecule has 0 unspecified atom stereocenters. The van der Waals surface area contributed by atoms with Gasteiger partial charge in [-0.3, -0.25) is 9.88 Å². The van der Waals surface area contributed by atoms with Crippen LogP contribution in [0.15, 0.2) is 42.5 Å². The van der Waals surface area contributed by atoms with E-state index in [0.717, 1.165) is 48.3 Å². The Morgan fingerprint density at radius 3 is 2.62 bits per heavy atom. The van der Waals surface area contributed by atoms with Crippen LogP contribution < -0.4 is 4.74 Å². The molecule has 0 atom stereocenters. The van der Waals surface area contributed by atoms with Gasteiger partial charge in [0.2, 0.25) is 0 Å². The number of hydrogen-bond acceptors (Lipinski definition) is 6. The van der Waals surface area contributed by atoms with Crippen molar-refractivity contribution in [1.82, 2.24) is 30.5 Å². The van der Waals surface area contributed by atoms with Gasteiger partial charge in [-0.15, -0.1) is 5.10 Å². The Balaban J connectivity index is 1.28. The SMILES string of the molecule is Cc1cc(OC2CCN(Cc3cc(F)ccc3-c3nnn[nH]3)CC2)c2cc(F)ccc2n1. The highest BCUT2D eigenvalue weighted by molar-refractivity contribution is 5.85. The van der Waals surface area contributed by atoms with Crippen LogP contribution in [0, 0.1) is 18.6 Å². The number of H-pyrrole nitrogens is 1. The van der Waals surface area contributed by atoms with E-state index in [1.165, 1.54) is 24.3 Å². The highest BCUT2D eigenvalue weighted by Gasteiger charge is 2.23. The fraction of sp³-hybridized carbons (Fsp3) is 0.304. The van der Waals surface area contributed by atoms with E-state index in [-0.39, 0.29) is 17.7 Å². The van der Waals surface area contributed by atoms with Gasteiger partial charge < -0.3 is 4.74 Å². The summed E-state index contributed by atoms with van der Waals surface area (Å²) in [4.78, 5) is 6.73. The van der Waals surface area contributed by atoms with Crippen LogP contribution in [0.4, 0.5) is 8.78 Å². The van der Waals surface area contributed by atoms with Crippen molar-refractivity contribution in [2.75, 3.05) is 13.1 Å². The normalized spacial score (nSPS) is 15.3. The lowest BCUT2D eigenvalue weighted by molar-refractivity contribution is 0.0979. The van der Waals surface area contributed by atoms with E-state index in [2.05, 4.69) is 30.5 Å². The molecule has 0 aliphatic carbocycles. The zero-order valence-electron chi connectivity index (χ0n) is 17.6. The van der Waals surface area contributed by atoms with Crippen molar-refractivity contribution in [2.24, 2.45) is 0 Å². The highest BCUT2D eigenvalue weighted by Crippen LogP contribution is 2.30. The van der Waals surface area contributed by atoms with Gasteiger partial charge in [0, 0.05) is 42.3 Å². The zero-order valence-corrected chi connectivity index (χ0v) is 17.6. The molecule has 2 aromatic heterocycles. The maximum atomic E-state index is 13.9. The minimum absolute atomic E-state index is 0.0185. The number of ether oxygens (including phenoxy) is 1. The maximum absolute atomic E-state index is 13.9. The van der Waals surface area contributed by atoms with E-state index in [0.29, 0.717) is 23.5 Å². The van der Waals surface area contributed by atoms with E-state index in [9.17, 15) is 8.78 Å². The van der Waals surface area contributed by atoms with Gasteiger partial charge in [0.05, 0.1) is 5.52 Å². The lowest BCUT2D eigenvalue weighted by Crippen LogP contribution is -2.38. The van der Waals surface area contributed by atoms with Crippen molar-refractivity contribution >= 4 is 10.9 Å². The molecule has 7 nitrogen and oxygen atoms in total. The van der Waals surface area contributed by atoms with Crippen molar-refractivity contribution in [2.45, 2.75) is 32.4 Å². The van der Waals surface area contributed by atoms with Gasteiger partial charge >= 0.3 is 0 Å². The van der Waals surface area contributed by atoms with Crippen LogP contribution in [0.2, 0.25) is 0 Å². The molecule has 1 saturated heterocycles. The maximum Gasteiger partial charge on any atom is 0.179 e. The van der Waals surface area contributed by atoms with Crippen LogP contribution >= 0.6 is 0 Å². The minimum Gasteiger partial charge on any atom is -0.490 e. The second kappa shape index (κ2) is 8.58. The van der Waals surface area contributed by atoms with E-state index < -0.39 is 0 Å². The Hall–Kier alpha value is -3.46. The summed E-state index contributed by atoms with van der Waals surface area (Å²) in [5.74, 6) is 0.582. The van der Waals surface area contributed by atoms with Crippen molar-refractivity contribution in [3.63, 3.8) is 0 Å². The summed E-state index contributed by atoms with van der Waals surface area (Å²) in [7, 11) is 0. The number of nitrogens with one attached hydrogen (secondary N) is 1. The van der Waals surface area contributed by atoms with Crippen molar-refractivity contribution in [3.8, 4) is 17.1 Å². The number of tetrazole rings is 1. The summed E-state index contributed by atoms with van der Waals surface area (Å²) in [6.45, 7) is 4.08. The second-order valence-electron chi connectivity index (χ2n) is 8.07. The number of piperidine rings is 1. The Labute approximate surface area is 183 Å². The zero-order chi connectivity index (χ0) is 22.1. The number of nitrogens with zero attached hydrogens (tertiary/aromatic N) is 5. The molecule has 9 heteroatoms. The molecule has 0 bridgehead atoms. The Bertz CT molecular complexity index is 1240. The second-order valence-corrected chi connectivity index (χ2v) is 8.07. The van der Waals surface area contributed by atoms with Crippen molar-refractivity contribution in [1.29, 1.82) is 0 Å². The van der Waals surface area contributed by atoms with Gasteiger partial charge in [-0.25, -0.2) is 13.9 Å². The molecule has 32 heavy (non-hydrogen) atoms. The van der Waals surface area contributed by atoms with Gasteiger partial charge in [0.25, 0.3) is 0 Å². The fourth-order valence-corrected chi connectivity index (χ4v) is 4.19. The number of hydrogen-bond donors (Lipinski definition) is 1. The molecule has 164 valence electrons. The smallest absolute Gasteiger partial charge is 0.179 e. The molecule has 0 spiro atoms. The number of aryl methyl sites for hydroxylation is 1. The molecule has 5 rings (SSSR count). The number of rotatable bonds is 5. The fourth-order valence-electron chi connectivity index (χ4n) is 4.19. The first-order valence-electron chi connectivity index (χ1n) is 10.5. The number of likely N-dealkylation sites (tertiary alicyclic amines) is 1. The number of aromatic amines is 1.